The van der Waals surface area contributed by atoms with Gasteiger partial charge in [0.25, 0.3) is 0 Å². The van der Waals surface area contributed by atoms with Crippen LogP contribution in [0.25, 0.3) is 0 Å². The molecule has 1 saturated carbocycles. The van der Waals surface area contributed by atoms with Crippen LogP contribution in [0.5, 0.6) is 0 Å². The number of aliphatic hydroxyl groups is 4. The van der Waals surface area contributed by atoms with Crippen molar-refractivity contribution in [1.29, 1.82) is 0 Å². The zero-order chi connectivity index (χ0) is 22.4. The van der Waals surface area contributed by atoms with E-state index >= 15 is 0 Å². The Labute approximate surface area is 179 Å². The van der Waals surface area contributed by atoms with Crippen LogP contribution in [0.2, 0.25) is 0 Å². The van der Waals surface area contributed by atoms with Crippen LogP contribution in [0.3, 0.4) is 0 Å². The maximum atomic E-state index is 12.2. The molecule has 0 aromatic rings. The lowest BCUT2D eigenvalue weighted by molar-refractivity contribution is -0.147. The first kappa shape index (κ1) is 26.5. The van der Waals surface area contributed by atoms with Gasteiger partial charge in [-0.25, -0.2) is 0 Å². The average Bonchev–Trinajstić information content (AvgIpc) is 2.99. The van der Waals surface area contributed by atoms with Crippen molar-refractivity contribution in [2.24, 2.45) is 11.8 Å². The standard InChI is InChI=1S/C23H38O7/c1-2-3-6-9-17(25)12-13-20-19(21(27)14-22(20)28)10-7-4-5-8-11-23(29)30-16-18(26)15-24/h4,7,12-13,17-20,22,24-26,28H,2-3,5-6,8-11,14-16H2,1H3. The molecule has 0 radical (unpaired) electrons. The van der Waals surface area contributed by atoms with Crippen LogP contribution < -0.4 is 0 Å². The van der Waals surface area contributed by atoms with Crippen molar-refractivity contribution in [1.82, 2.24) is 0 Å². The first-order valence-electron chi connectivity index (χ1n) is 11.1. The number of carbonyl (C=O) groups is 2. The lowest BCUT2D eigenvalue weighted by atomic mass is 9.90. The van der Waals surface area contributed by atoms with Crippen molar-refractivity contribution in [3.05, 3.63) is 24.3 Å². The molecule has 0 heterocycles. The van der Waals surface area contributed by atoms with Gasteiger partial charge in [0, 0.05) is 24.7 Å². The van der Waals surface area contributed by atoms with Crippen LogP contribution in [0.1, 0.15) is 64.7 Å². The maximum Gasteiger partial charge on any atom is 0.305 e. The van der Waals surface area contributed by atoms with Crippen molar-refractivity contribution < 1.29 is 34.8 Å². The van der Waals surface area contributed by atoms with Crippen molar-refractivity contribution in [3.8, 4) is 0 Å². The molecular weight excluding hydrogens is 388 g/mol. The van der Waals surface area contributed by atoms with E-state index in [1.807, 2.05) is 12.2 Å². The molecule has 1 fully saturated rings. The summed E-state index contributed by atoms with van der Waals surface area (Å²) in [5.41, 5.74) is 0. The van der Waals surface area contributed by atoms with E-state index in [0.29, 0.717) is 25.7 Å². The molecular formula is C23H38O7. The lowest BCUT2D eigenvalue weighted by Gasteiger charge is -2.16. The summed E-state index contributed by atoms with van der Waals surface area (Å²) in [5, 5.41) is 38.0. The predicted octanol–water partition coefficient (Wildman–Crippen LogP) is 2.06. The van der Waals surface area contributed by atoms with E-state index in [0.717, 1.165) is 19.3 Å². The van der Waals surface area contributed by atoms with E-state index < -0.39 is 30.9 Å². The summed E-state index contributed by atoms with van der Waals surface area (Å²) in [5.74, 6) is -0.961. The number of aliphatic hydroxyl groups excluding tert-OH is 4. The highest BCUT2D eigenvalue weighted by Crippen LogP contribution is 2.33. The summed E-state index contributed by atoms with van der Waals surface area (Å²) in [7, 11) is 0. The minimum Gasteiger partial charge on any atom is -0.463 e. The molecule has 1 aliphatic rings. The number of ether oxygens (including phenoxy) is 1. The summed E-state index contributed by atoms with van der Waals surface area (Å²) in [6.45, 7) is 1.45. The fourth-order valence-electron chi connectivity index (χ4n) is 3.52. The zero-order valence-corrected chi connectivity index (χ0v) is 18.0. The van der Waals surface area contributed by atoms with Crippen molar-refractivity contribution in [2.45, 2.75) is 83.0 Å². The minimum atomic E-state index is -1.05. The maximum absolute atomic E-state index is 12.2. The van der Waals surface area contributed by atoms with Gasteiger partial charge in [-0.05, 0) is 25.7 Å². The normalized spacial score (nSPS) is 24.0. The summed E-state index contributed by atoms with van der Waals surface area (Å²) in [6, 6.07) is 0. The number of Topliss-reactive ketones (excluding diaryl/α,β-unsaturated/α-hetero) is 1. The van der Waals surface area contributed by atoms with Gasteiger partial charge in [-0.15, -0.1) is 0 Å². The van der Waals surface area contributed by atoms with Crippen LogP contribution in [0.4, 0.5) is 0 Å². The van der Waals surface area contributed by atoms with Crippen molar-refractivity contribution >= 4 is 11.8 Å². The van der Waals surface area contributed by atoms with Gasteiger partial charge < -0.3 is 25.2 Å². The topological polar surface area (TPSA) is 124 Å². The number of allylic oxidation sites excluding steroid dienone is 2. The number of rotatable bonds is 15. The molecule has 7 heteroatoms. The fraction of sp³-hybridized carbons (Fsp3) is 0.739. The van der Waals surface area contributed by atoms with Gasteiger partial charge in [0.15, 0.2) is 0 Å². The molecule has 0 aliphatic heterocycles. The average molecular weight is 427 g/mol. The summed E-state index contributed by atoms with van der Waals surface area (Å²) < 4.78 is 4.83. The Kier molecular flexibility index (Phi) is 13.5. The van der Waals surface area contributed by atoms with Gasteiger partial charge in [-0.3, -0.25) is 9.59 Å². The Hall–Kier alpha value is -1.54. The molecule has 1 rings (SSSR count). The van der Waals surface area contributed by atoms with E-state index in [2.05, 4.69) is 6.92 Å². The van der Waals surface area contributed by atoms with Gasteiger partial charge in [0.05, 0.1) is 18.8 Å². The summed E-state index contributed by atoms with van der Waals surface area (Å²) in [6.07, 6.45) is 10.9. The molecule has 1 aliphatic carbocycles. The van der Waals surface area contributed by atoms with Crippen molar-refractivity contribution in [2.75, 3.05) is 13.2 Å². The Morgan fingerprint density at radius 1 is 1.23 bits per heavy atom. The molecule has 4 N–H and O–H groups in total. The number of ketones is 1. The SMILES string of the molecule is CCCCCC(O)C=CC1C(O)CC(=O)C1CC=CCCCC(=O)OCC(O)CO. The second-order valence-electron chi connectivity index (χ2n) is 7.99. The molecule has 0 saturated heterocycles. The summed E-state index contributed by atoms with van der Waals surface area (Å²) in [4.78, 5) is 23.7. The molecule has 7 nitrogen and oxygen atoms in total. The van der Waals surface area contributed by atoms with E-state index in [9.17, 15) is 19.8 Å². The van der Waals surface area contributed by atoms with Crippen LogP contribution in [-0.2, 0) is 14.3 Å². The minimum absolute atomic E-state index is 0.0355. The Balaban J connectivity index is 2.37. The van der Waals surface area contributed by atoms with Crippen LogP contribution in [0.15, 0.2) is 24.3 Å². The number of hydrogen-bond donors (Lipinski definition) is 4. The molecule has 172 valence electrons. The number of hydrogen-bond acceptors (Lipinski definition) is 7. The van der Waals surface area contributed by atoms with Gasteiger partial charge in [0.2, 0.25) is 0 Å². The highest BCUT2D eigenvalue weighted by molar-refractivity contribution is 5.84. The van der Waals surface area contributed by atoms with E-state index in [1.165, 1.54) is 0 Å². The molecule has 5 atom stereocenters. The highest BCUT2D eigenvalue weighted by Gasteiger charge is 2.39. The largest absolute Gasteiger partial charge is 0.463 e. The molecule has 0 aromatic carbocycles. The van der Waals surface area contributed by atoms with Crippen LogP contribution in [-0.4, -0.2) is 63.7 Å². The Bertz CT molecular complexity index is 558. The monoisotopic (exact) mass is 426 g/mol. The van der Waals surface area contributed by atoms with Crippen LogP contribution >= 0.6 is 0 Å². The van der Waals surface area contributed by atoms with Crippen molar-refractivity contribution in [3.63, 3.8) is 0 Å². The third kappa shape index (κ3) is 10.5. The summed E-state index contributed by atoms with van der Waals surface area (Å²) >= 11 is 0. The van der Waals surface area contributed by atoms with Gasteiger partial charge in [-0.1, -0.05) is 50.5 Å². The highest BCUT2D eigenvalue weighted by atomic mass is 16.5. The number of unbranched alkanes of at least 4 members (excludes halogenated alkanes) is 3. The number of carbonyl (C=O) groups excluding carboxylic acids is 2. The Morgan fingerprint density at radius 2 is 2.00 bits per heavy atom. The molecule has 0 aromatic heterocycles. The first-order chi connectivity index (χ1) is 14.4. The third-order valence-electron chi connectivity index (χ3n) is 5.35. The van der Waals surface area contributed by atoms with Crippen LogP contribution in [0, 0.1) is 11.8 Å². The smallest absolute Gasteiger partial charge is 0.305 e. The molecule has 0 bridgehead atoms. The lowest BCUT2D eigenvalue weighted by Crippen LogP contribution is -2.21. The molecule has 5 unspecified atom stereocenters. The molecule has 0 amide bonds. The Morgan fingerprint density at radius 3 is 2.70 bits per heavy atom. The second kappa shape index (κ2) is 15.3. The quantitative estimate of drug-likeness (QED) is 0.179. The zero-order valence-electron chi connectivity index (χ0n) is 18.0. The van der Waals surface area contributed by atoms with Gasteiger partial charge in [-0.2, -0.15) is 0 Å². The first-order valence-corrected chi connectivity index (χ1v) is 11.1. The molecule has 0 spiro atoms. The molecule has 30 heavy (non-hydrogen) atoms. The predicted molar refractivity (Wildman–Crippen MR) is 114 cm³/mol. The van der Waals surface area contributed by atoms with E-state index in [4.69, 9.17) is 14.9 Å². The number of esters is 1. The second-order valence-corrected chi connectivity index (χ2v) is 7.99. The van der Waals surface area contributed by atoms with E-state index in [-0.39, 0.29) is 37.1 Å². The fourth-order valence-corrected chi connectivity index (χ4v) is 3.52. The third-order valence-corrected chi connectivity index (χ3v) is 5.35. The van der Waals surface area contributed by atoms with Gasteiger partial charge in [0.1, 0.15) is 18.5 Å². The van der Waals surface area contributed by atoms with E-state index in [1.54, 1.807) is 12.2 Å². The van der Waals surface area contributed by atoms with Gasteiger partial charge >= 0.3 is 5.97 Å².